The van der Waals surface area contributed by atoms with Crippen LogP contribution < -0.4 is 4.74 Å². The molecule has 0 unspecified atom stereocenters. The molecule has 0 aliphatic heterocycles. The lowest BCUT2D eigenvalue weighted by Gasteiger charge is -2.18. The number of rotatable bonds is 7. The van der Waals surface area contributed by atoms with Crippen LogP contribution in [0, 0.1) is 0 Å². The average molecular weight is 369 g/mol. The summed E-state index contributed by atoms with van der Waals surface area (Å²) < 4.78 is 54.9. The lowest BCUT2D eigenvalue weighted by atomic mass is 10.2. The highest BCUT2D eigenvalue weighted by Gasteiger charge is 2.21. The molecule has 134 valence electrons. The molecular formula is C17H17F2NO4S. The Balaban J connectivity index is 2.17. The van der Waals surface area contributed by atoms with E-state index >= 15 is 0 Å². The molecule has 0 saturated heterocycles. The van der Waals surface area contributed by atoms with E-state index in [0.717, 1.165) is 4.31 Å². The number of carbonyl (C=O) groups is 1. The SMILES string of the molecule is CC(=O)c1cccc(S(=O)(=O)N(C)Cc2ccc(OC(F)F)cc2)c1. The molecule has 0 bridgehead atoms. The van der Waals surface area contributed by atoms with Crippen molar-refractivity contribution in [1.29, 1.82) is 0 Å². The Morgan fingerprint density at radius 3 is 2.36 bits per heavy atom. The van der Waals surface area contributed by atoms with E-state index < -0.39 is 16.6 Å². The van der Waals surface area contributed by atoms with Gasteiger partial charge in [0, 0.05) is 19.2 Å². The first-order chi connectivity index (χ1) is 11.7. The lowest BCUT2D eigenvalue weighted by Crippen LogP contribution is -2.26. The molecule has 0 aromatic heterocycles. The van der Waals surface area contributed by atoms with Crippen LogP contribution in [0.5, 0.6) is 5.75 Å². The number of hydrogen-bond donors (Lipinski definition) is 0. The predicted molar refractivity (Wildman–Crippen MR) is 88.2 cm³/mol. The van der Waals surface area contributed by atoms with E-state index in [2.05, 4.69) is 4.74 Å². The molecule has 0 aliphatic rings. The van der Waals surface area contributed by atoms with E-state index in [0.29, 0.717) is 11.1 Å². The summed E-state index contributed by atoms with van der Waals surface area (Å²) in [5.74, 6) is -0.229. The molecule has 0 spiro atoms. The van der Waals surface area contributed by atoms with Gasteiger partial charge in [0.15, 0.2) is 5.78 Å². The van der Waals surface area contributed by atoms with E-state index in [1.807, 2.05) is 0 Å². The van der Waals surface area contributed by atoms with Gasteiger partial charge in [-0.05, 0) is 36.8 Å². The monoisotopic (exact) mass is 369 g/mol. The Morgan fingerprint density at radius 1 is 1.16 bits per heavy atom. The van der Waals surface area contributed by atoms with Crippen LogP contribution in [-0.2, 0) is 16.6 Å². The zero-order chi connectivity index (χ0) is 18.6. The molecule has 0 fully saturated rings. The predicted octanol–water partition coefficient (Wildman–Crippen LogP) is 3.31. The summed E-state index contributed by atoms with van der Waals surface area (Å²) in [6.07, 6.45) is 0. The Bertz CT molecular complexity index is 851. The minimum absolute atomic E-state index is 0.00146. The smallest absolute Gasteiger partial charge is 0.387 e. The highest BCUT2D eigenvalue weighted by Crippen LogP contribution is 2.20. The van der Waals surface area contributed by atoms with Gasteiger partial charge >= 0.3 is 6.61 Å². The summed E-state index contributed by atoms with van der Waals surface area (Å²) in [6, 6.07) is 11.5. The topological polar surface area (TPSA) is 63.7 Å². The fourth-order valence-electron chi connectivity index (χ4n) is 2.17. The van der Waals surface area contributed by atoms with Gasteiger partial charge in [-0.15, -0.1) is 0 Å². The standard InChI is InChI=1S/C17H17F2NO4S/c1-12(21)14-4-3-5-16(10-14)25(22,23)20(2)11-13-6-8-15(9-7-13)24-17(18)19/h3-10,17H,11H2,1-2H3. The van der Waals surface area contributed by atoms with Crippen molar-refractivity contribution in [3.8, 4) is 5.75 Å². The lowest BCUT2D eigenvalue weighted by molar-refractivity contribution is -0.0498. The minimum atomic E-state index is -3.79. The van der Waals surface area contributed by atoms with E-state index in [4.69, 9.17) is 0 Å². The second-order valence-electron chi connectivity index (χ2n) is 5.37. The van der Waals surface area contributed by atoms with Crippen LogP contribution in [0.15, 0.2) is 53.4 Å². The maximum atomic E-state index is 12.6. The normalized spacial score (nSPS) is 11.8. The van der Waals surface area contributed by atoms with Gasteiger partial charge in [-0.25, -0.2) is 8.42 Å². The van der Waals surface area contributed by atoms with E-state index in [-0.39, 0.29) is 23.0 Å². The number of halogens is 2. The fourth-order valence-corrected chi connectivity index (χ4v) is 3.38. The van der Waals surface area contributed by atoms with Crippen LogP contribution >= 0.6 is 0 Å². The van der Waals surface area contributed by atoms with Crippen LogP contribution in [0.1, 0.15) is 22.8 Å². The third-order valence-corrected chi connectivity index (χ3v) is 5.30. The fraction of sp³-hybridized carbons (Fsp3) is 0.235. The molecule has 2 aromatic carbocycles. The van der Waals surface area contributed by atoms with Gasteiger partial charge in [-0.1, -0.05) is 24.3 Å². The number of sulfonamides is 1. The van der Waals surface area contributed by atoms with Crippen molar-refractivity contribution in [2.24, 2.45) is 0 Å². The Kier molecular flexibility index (Phi) is 5.86. The number of ketones is 1. The molecular weight excluding hydrogens is 352 g/mol. The van der Waals surface area contributed by atoms with E-state index in [1.54, 1.807) is 6.07 Å². The minimum Gasteiger partial charge on any atom is -0.435 e. The Labute approximate surface area is 144 Å². The molecule has 0 amide bonds. The van der Waals surface area contributed by atoms with E-state index in [9.17, 15) is 22.0 Å². The molecule has 0 atom stereocenters. The van der Waals surface area contributed by atoms with Gasteiger partial charge in [-0.3, -0.25) is 4.79 Å². The highest BCUT2D eigenvalue weighted by molar-refractivity contribution is 7.89. The zero-order valence-electron chi connectivity index (χ0n) is 13.6. The van der Waals surface area contributed by atoms with E-state index in [1.165, 1.54) is 56.4 Å². The maximum Gasteiger partial charge on any atom is 0.387 e. The quantitative estimate of drug-likeness (QED) is 0.703. The van der Waals surface area contributed by atoms with Crippen molar-refractivity contribution < 1.29 is 26.7 Å². The molecule has 2 aromatic rings. The van der Waals surface area contributed by atoms with Gasteiger partial charge in [0.05, 0.1) is 4.90 Å². The van der Waals surface area contributed by atoms with Crippen LogP contribution in [-0.4, -0.2) is 32.2 Å². The summed E-state index contributed by atoms with van der Waals surface area (Å²) in [6.45, 7) is -1.51. The van der Waals surface area contributed by atoms with Gasteiger partial charge in [0.2, 0.25) is 10.0 Å². The van der Waals surface area contributed by atoms with Crippen LogP contribution in [0.2, 0.25) is 0 Å². The molecule has 5 nitrogen and oxygen atoms in total. The summed E-state index contributed by atoms with van der Waals surface area (Å²) in [4.78, 5) is 11.4. The van der Waals surface area contributed by atoms with Crippen molar-refractivity contribution in [2.45, 2.75) is 25.0 Å². The summed E-state index contributed by atoms with van der Waals surface area (Å²) in [5.41, 5.74) is 0.915. The van der Waals surface area contributed by atoms with Gasteiger partial charge in [-0.2, -0.15) is 13.1 Å². The first-order valence-corrected chi connectivity index (χ1v) is 8.75. The van der Waals surface area contributed by atoms with Gasteiger partial charge in [0.25, 0.3) is 0 Å². The third-order valence-electron chi connectivity index (χ3n) is 3.50. The molecule has 0 radical (unpaired) electrons. The number of hydrogen-bond acceptors (Lipinski definition) is 4. The Hall–Kier alpha value is -2.32. The maximum absolute atomic E-state index is 12.6. The molecule has 25 heavy (non-hydrogen) atoms. The van der Waals surface area contributed by atoms with Gasteiger partial charge < -0.3 is 4.74 Å². The number of alkyl halides is 2. The summed E-state index contributed by atoms with van der Waals surface area (Å²) in [5, 5.41) is 0. The zero-order valence-corrected chi connectivity index (χ0v) is 14.5. The van der Waals surface area contributed by atoms with Crippen molar-refractivity contribution in [3.05, 3.63) is 59.7 Å². The number of Topliss-reactive ketones (excluding diaryl/α,β-unsaturated/α-hetero) is 1. The number of nitrogens with zero attached hydrogens (tertiary/aromatic N) is 1. The molecule has 0 heterocycles. The second-order valence-corrected chi connectivity index (χ2v) is 7.41. The first kappa shape index (κ1) is 19.0. The number of benzene rings is 2. The summed E-state index contributed by atoms with van der Waals surface area (Å²) >= 11 is 0. The average Bonchev–Trinajstić information content (AvgIpc) is 2.56. The molecule has 8 heteroatoms. The second kappa shape index (κ2) is 7.71. The van der Waals surface area contributed by atoms with Crippen LogP contribution in [0.25, 0.3) is 0 Å². The number of ether oxygens (including phenoxy) is 1. The summed E-state index contributed by atoms with van der Waals surface area (Å²) in [7, 11) is -2.39. The molecule has 2 rings (SSSR count). The van der Waals surface area contributed by atoms with Gasteiger partial charge in [0.1, 0.15) is 5.75 Å². The highest BCUT2D eigenvalue weighted by atomic mass is 32.2. The van der Waals surface area contributed by atoms with Crippen LogP contribution in [0.3, 0.4) is 0 Å². The third kappa shape index (κ3) is 4.83. The van der Waals surface area contributed by atoms with Crippen LogP contribution in [0.4, 0.5) is 8.78 Å². The van der Waals surface area contributed by atoms with Crippen molar-refractivity contribution in [2.75, 3.05) is 7.05 Å². The Morgan fingerprint density at radius 2 is 1.80 bits per heavy atom. The molecule has 0 saturated carbocycles. The number of carbonyl (C=O) groups excluding carboxylic acids is 1. The molecule has 0 N–H and O–H groups in total. The van der Waals surface area contributed by atoms with Crippen molar-refractivity contribution in [3.63, 3.8) is 0 Å². The van der Waals surface area contributed by atoms with Crippen molar-refractivity contribution in [1.82, 2.24) is 4.31 Å². The molecule has 0 aliphatic carbocycles. The first-order valence-electron chi connectivity index (χ1n) is 7.31. The van der Waals surface area contributed by atoms with Crippen molar-refractivity contribution >= 4 is 15.8 Å². The largest absolute Gasteiger partial charge is 0.435 e.